The smallest absolute Gasteiger partial charge is 0.323 e. The summed E-state index contributed by atoms with van der Waals surface area (Å²) >= 11 is 0. The first-order valence-corrected chi connectivity index (χ1v) is 4.97. The summed E-state index contributed by atoms with van der Waals surface area (Å²) in [6, 6.07) is 4.78. The molecule has 2 rings (SSSR count). The van der Waals surface area contributed by atoms with Crippen LogP contribution < -0.4 is 5.56 Å². The Bertz CT molecular complexity index is 640. The Labute approximate surface area is 100 Å². The molecule has 0 spiro atoms. The molecule has 0 aliphatic rings. The fourth-order valence-corrected chi connectivity index (χ4v) is 1.40. The molecule has 0 bridgehead atoms. The first-order chi connectivity index (χ1) is 8.59. The van der Waals surface area contributed by atoms with Crippen molar-refractivity contribution in [2.45, 2.75) is 6.54 Å². The maximum Gasteiger partial charge on any atom is 0.323 e. The SMILES string of the molecule is O=C(O)Cn1cnc(-c2ccccn2)c(F)c1=O. The Kier molecular flexibility index (Phi) is 3.13. The van der Waals surface area contributed by atoms with Gasteiger partial charge in [-0.25, -0.2) is 4.98 Å². The minimum absolute atomic E-state index is 0.192. The third-order valence-corrected chi connectivity index (χ3v) is 2.20. The van der Waals surface area contributed by atoms with Gasteiger partial charge in [0.1, 0.15) is 12.2 Å². The Morgan fingerprint density at radius 1 is 1.39 bits per heavy atom. The molecule has 2 aromatic heterocycles. The standard InChI is InChI=1S/C11H8FN3O3/c12-9-10(7-3-1-2-4-13-7)14-6-15(11(9)18)5-8(16)17/h1-4,6H,5H2,(H,16,17). The molecule has 0 unspecified atom stereocenters. The minimum Gasteiger partial charge on any atom is -0.480 e. The molecule has 0 saturated carbocycles. The summed E-state index contributed by atoms with van der Waals surface area (Å²) in [6.07, 6.45) is 2.43. The molecular formula is C11H8FN3O3. The lowest BCUT2D eigenvalue weighted by Gasteiger charge is -2.04. The number of carboxylic acid groups (broad SMARTS) is 1. The molecule has 2 aromatic rings. The van der Waals surface area contributed by atoms with Gasteiger partial charge in [-0.1, -0.05) is 6.07 Å². The van der Waals surface area contributed by atoms with Gasteiger partial charge in [0.15, 0.2) is 0 Å². The second-order valence-electron chi connectivity index (χ2n) is 3.45. The predicted octanol–water partition coefficient (Wildman–Crippen LogP) is 0.529. The van der Waals surface area contributed by atoms with E-state index in [9.17, 15) is 14.0 Å². The molecule has 0 fully saturated rings. The zero-order chi connectivity index (χ0) is 13.1. The lowest BCUT2D eigenvalue weighted by Crippen LogP contribution is -2.27. The third kappa shape index (κ3) is 2.24. The van der Waals surface area contributed by atoms with Crippen LogP contribution in [0.1, 0.15) is 0 Å². The number of halogens is 1. The molecule has 7 heteroatoms. The topological polar surface area (TPSA) is 85.1 Å². The van der Waals surface area contributed by atoms with E-state index in [1.54, 1.807) is 12.1 Å². The summed E-state index contributed by atoms with van der Waals surface area (Å²) in [6.45, 7) is -0.634. The van der Waals surface area contributed by atoms with E-state index >= 15 is 0 Å². The second kappa shape index (κ2) is 4.74. The van der Waals surface area contributed by atoms with Crippen LogP contribution in [0.2, 0.25) is 0 Å². The monoisotopic (exact) mass is 249 g/mol. The molecule has 0 aliphatic heterocycles. The van der Waals surface area contributed by atoms with Crippen LogP contribution in [0, 0.1) is 5.82 Å². The number of aromatic nitrogens is 3. The summed E-state index contributed by atoms with van der Waals surface area (Å²) in [5.74, 6) is -2.36. The van der Waals surface area contributed by atoms with Crippen LogP contribution in [0.3, 0.4) is 0 Å². The first kappa shape index (κ1) is 11.9. The van der Waals surface area contributed by atoms with Crippen molar-refractivity contribution in [1.29, 1.82) is 0 Å². The summed E-state index contributed by atoms with van der Waals surface area (Å²) in [4.78, 5) is 29.6. The van der Waals surface area contributed by atoms with Gasteiger partial charge >= 0.3 is 5.97 Å². The number of hydrogen-bond acceptors (Lipinski definition) is 4. The first-order valence-electron chi connectivity index (χ1n) is 4.97. The Morgan fingerprint density at radius 3 is 2.78 bits per heavy atom. The maximum atomic E-state index is 13.8. The van der Waals surface area contributed by atoms with Gasteiger partial charge in [0, 0.05) is 6.20 Å². The van der Waals surface area contributed by atoms with Gasteiger partial charge < -0.3 is 5.11 Å². The maximum absolute atomic E-state index is 13.8. The summed E-state index contributed by atoms with van der Waals surface area (Å²) in [7, 11) is 0. The molecule has 18 heavy (non-hydrogen) atoms. The largest absolute Gasteiger partial charge is 0.480 e. The summed E-state index contributed by atoms with van der Waals surface area (Å²) < 4.78 is 14.5. The number of hydrogen-bond donors (Lipinski definition) is 1. The molecule has 0 amide bonds. The van der Waals surface area contributed by atoms with Crippen LogP contribution in [0.4, 0.5) is 4.39 Å². The minimum atomic E-state index is -1.25. The number of rotatable bonds is 3. The van der Waals surface area contributed by atoms with Crippen LogP contribution in [0.15, 0.2) is 35.5 Å². The highest BCUT2D eigenvalue weighted by Crippen LogP contribution is 2.13. The van der Waals surface area contributed by atoms with E-state index in [2.05, 4.69) is 9.97 Å². The van der Waals surface area contributed by atoms with Gasteiger partial charge in [-0.3, -0.25) is 19.1 Å². The van der Waals surface area contributed by atoms with E-state index in [0.29, 0.717) is 4.57 Å². The van der Waals surface area contributed by atoms with Crippen LogP contribution in [-0.2, 0) is 11.3 Å². The van der Waals surface area contributed by atoms with Crippen molar-refractivity contribution in [3.63, 3.8) is 0 Å². The average Bonchev–Trinajstić information content (AvgIpc) is 2.36. The fraction of sp³-hybridized carbons (Fsp3) is 0.0909. The number of carboxylic acids is 1. The molecule has 0 aliphatic carbocycles. The van der Waals surface area contributed by atoms with Gasteiger partial charge in [-0.15, -0.1) is 0 Å². The van der Waals surface area contributed by atoms with Crippen LogP contribution in [-0.4, -0.2) is 25.6 Å². The van der Waals surface area contributed by atoms with E-state index in [1.165, 1.54) is 12.3 Å². The molecule has 2 heterocycles. The lowest BCUT2D eigenvalue weighted by atomic mass is 10.2. The normalized spacial score (nSPS) is 10.3. The van der Waals surface area contributed by atoms with E-state index in [-0.39, 0.29) is 11.4 Å². The molecule has 1 N–H and O–H groups in total. The molecular weight excluding hydrogens is 241 g/mol. The number of aliphatic carboxylic acids is 1. The fourth-order valence-electron chi connectivity index (χ4n) is 1.40. The average molecular weight is 249 g/mol. The molecule has 92 valence electrons. The molecule has 0 atom stereocenters. The Hall–Kier alpha value is -2.57. The van der Waals surface area contributed by atoms with Crippen LogP contribution >= 0.6 is 0 Å². The summed E-state index contributed by atoms with van der Waals surface area (Å²) in [5, 5.41) is 8.55. The lowest BCUT2D eigenvalue weighted by molar-refractivity contribution is -0.137. The quantitative estimate of drug-likeness (QED) is 0.857. The van der Waals surface area contributed by atoms with Crippen molar-refractivity contribution in [3.8, 4) is 11.4 Å². The molecule has 0 aromatic carbocycles. The van der Waals surface area contributed by atoms with Crippen molar-refractivity contribution >= 4 is 5.97 Å². The Balaban J connectivity index is 2.51. The van der Waals surface area contributed by atoms with Crippen molar-refractivity contribution in [1.82, 2.24) is 14.5 Å². The van der Waals surface area contributed by atoms with Crippen molar-refractivity contribution < 1.29 is 14.3 Å². The van der Waals surface area contributed by atoms with Crippen molar-refractivity contribution in [2.75, 3.05) is 0 Å². The zero-order valence-corrected chi connectivity index (χ0v) is 9.08. The van der Waals surface area contributed by atoms with Gasteiger partial charge in [-0.2, -0.15) is 4.39 Å². The highest BCUT2D eigenvalue weighted by molar-refractivity contribution is 5.66. The third-order valence-electron chi connectivity index (χ3n) is 2.20. The molecule has 6 nitrogen and oxygen atoms in total. The van der Waals surface area contributed by atoms with Gasteiger partial charge in [0.05, 0.1) is 12.0 Å². The van der Waals surface area contributed by atoms with E-state index < -0.39 is 23.9 Å². The number of carbonyl (C=O) groups is 1. The van der Waals surface area contributed by atoms with Crippen LogP contribution in [0.25, 0.3) is 11.4 Å². The van der Waals surface area contributed by atoms with Crippen LogP contribution in [0.5, 0.6) is 0 Å². The van der Waals surface area contributed by atoms with Crippen molar-refractivity contribution in [2.24, 2.45) is 0 Å². The summed E-state index contributed by atoms with van der Waals surface area (Å²) in [5.41, 5.74) is -1.01. The predicted molar refractivity (Wildman–Crippen MR) is 59.3 cm³/mol. The Morgan fingerprint density at radius 2 is 2.17 bits per heavy atom. The zero-order valence-electron chi connectivity index (χ0n) is 9.08. The molecule has 0 saturated heterocycles. The van der Waals surface area contributed by atoms with E-state index in [4.69, 9.17) is 5.11 Å². The second-order valence-corrected chi connectivity index (χ2v) is 3.45. The number of pyridine rings is 1. The highest BCUT2D eigenvalue weighted by Gasteiger charge is 2.14. The van der Waals surface area contributed by atoms with Gasteiger partial charge in [-0.05, 0) is 12.1 Å². The highest BCUT2D eigenvalue weighted by atomic mass is 19.1. The van der Waals surface area contributed by atoms with E-state index in [0.717, 1.165) is 6.33 Å². The van der Waals surface area contributed by atoms with Gasteiger partial charge in [0.25, 0.3) is 5.56 Å². The van der Waals surface area contributed by atoms with E-state index in [1.807, 2.05) is 0 Å². The molecule has 0 radical (unpaired) electrons. The van der Waals surface area contributed by atoms with Gasteiger partial charge in [0.2, 0.25) is 5.82 Å². The van der Waals surface area contributed by atoms with Crippen molar-refractivity contribution in [3.05, 3.63) is 46.9 Å². The number of nitrogens with zero attached hydrogens (tertiary/aromatic N) is 3.